The molecule has 0 fully saturated rings. The van der Waals surface area contributed by atoms with Crippen LogP contribution in [0.3, 0.4) is 0 Å². The zero-order valence-corrected chi connectivity index (χ0v) is 18.7. The van der Waals surface area contributed by atoms with Crippen molar-refractivity contribution < 1.29 is 14.3 Å². The number of hydrogen-bond acceptors (Lipinski definition) is 5. The molecule has 0 unspecified atom stereocenters. The Labute approximate surface area is 186 Å². The van der Waals surface area contributed by atoms with Crippen LogP contribution in [0.25, 0.3) is 5.69 Å². The van der Waals surface area contributed by atoms with Crippen molar-refractivity contribution in [2.75, 3.05) is 12.9 Å². The van der Waals surface area contributed by atoms with E-state index in [4.69, 9.17) is 4.74 Å². The lowest BCUT2D eigenvalue weighted by Crippen LogP contribution is -2.49. The minimum atomic E-state index is -0.604. The number of aromatic nitrogens is 2. The third-order valence-corrected chi connectivity index (χ3v) is 6.69. The molecule has 2 aromatic carbocycles. The van der Waals surface area contributed by atoms with Crippen molar-refractivity contribution in [2.45, 2.75) is 38.0 Å². The average molecular weight is 436 g/mol. The Morgan fingerprint density at radius 3 is 2.65 bits per heavy atom. The monoisotopic (exact) mass is 435 g/mol. The Balaban J connectivity index is 1.51. The topological polar surface area (TPSA) is 64.4 Å². The van der Waals surface area contributed by atoms with E-state index in [2.05, 4.69) is 31.0 Å². The molecule has 1 aliphatic heterocycles. The third-order valence-electron chi connectivity index (χ3n) is 5.74. The number of aryl methyl sites for hydroxylation is 2. The van der Waals surface area contributed by atoms with Gasteiger partial charge in [-0.15, -0.1) is 0 Å². The Kier molecular flexibility index (Phi) is 6.13. The lowest BCUT2D eigenvalue weighted by atomic mass is 9.94. The molecule has 4 rings (SSSR count). The first kappa shape index (κ1) is 21.2. The summed E-state index contributed by atoms with van der Waals surface area (Å²) in [7, 11) is 1.36. The highest BCUT2D eigenvalue weighted by Crippen LogP contribution is 2.27. The fraction of sp³-hybridized carbons (Fsp3) is 0.292. The molecule has 0 N–H and O–H groups in total. The number of thioether (sulfide) groups is 1. The summed E-state index contributed by atoms with van der Waals surface area (Å²) in [5.41, 5.74) is 5.59. The maximum atomic E-state index is 13.1. The number of carbonyl (C=O) groups excluding carboxylic acids is 2. The van der Waals surface area contributed by atoms with Crippen molar-refractivity contribution in [1.82, 2.24) is 14.5 Å². The lowest BCUT2D eigenvalue weighted by molar-refractivity contribution is -0.153. The van der Waals surface area contributed by atoms with E-state index in [9.17, 15) is 9.59 Å². The molecule has 1 aromatic heterocycles. The minimum Gasteiger partial charge on any atom is -0.467 e. The SMILES string of the molecule is COC(=O)[C@H]1Cc2ccccc2CN1C(=O)CSc1nccn1-c1ccc(C)c(C)c1. The lowest BCUT2D eigenvalue weighted by Gasteiger charge is -2.35. The molecular formula is C24H25N3O3S. The van der Waals surface area contributed by atoms with E-state index in [-0.39, 0.29) is 17.6 Å². The molecule has 0 spiro atoms. The first-order valence-corrected chi connectivity index (χ1v) is 11.1. The molecule has 0 aliphatic carbocycles. The Morgan fingerprint density at radius 2 is 1.90 bits per heavy atom. The highest BCUT2D eigenvalue weighted by Gasteiger charge is 2.35. The summed E-state index contributed by atoms with van der Waals surface area (Å²) in [5.74, 6) is -0.300. The van der Waals surface area contributed by atoms with Gasteiger partial charge in [0.2, 0.25) is 5.91 Å². The summed E-state index contributed by atoms with van der Waals surface area (Å²) in [6.07, 6.45) is 4.10. The second-order valence-electron chi connectivity index (χ2n) is 7.67. The van der Waals surface area contributed by atoms with Crippen LogP contribution in [-0.2, 0) is 27.3 Å². The fourth-order valence-electron chi connectivity index (χ4n) is 3.81. The smallest absolute Gasteiger partial charge is 0.328 e. The van der Waals surface area contributed by atoms with Crippen LogP contribution in [0.4, 0.5) is 0 Å². The number of imidazole rings is 1. The van der Waals surface area contributed by atoms with E-state index in [1.807, 2.05) is 41.1 Å². The zero-order chi connectivity index (χ0) is 22.0. The Hall–Kier alpha value is -3.06. The molecule has 31 heavy (non-hydrogen) atoms. The summed E-state index contributed by atoms with van der Waals surface area (Å²) in [6, 6.07) is 13.5. The molecule has 1 aliphatic rings. The summed E-state index contributed by atoms with van der Waals surface area (Å²) >= 11 is 1.37. The van der Waals surface area contributed by atoms with E-state index in [1.165, 1.54) is 30.0 Å². The maximum Gasteiger partial charge on any atom is 0.328 e. The number of amides is 1. The second kappa shape index (κ2) is 8.98. The number of ether oxygens (including phenoxy) is 1. The zero-order valence-electron chi connectivity index (χ0n) is 17.9. The number of nitrogens with zero attached hydrogens (tertiary/aromatic N) is 3. The molecule has 0 radical (unpaired) electrons. The second-order valence-corrected chi connectivity index (χ2v) is 8.61. The van der Waals surface area contributed by atoms with Gasteiger partial charge in [-0.25, -0.2) is 9.78 Å². The molecule has 1 atom stereocenters. The number of fused-ring (bicyclic) bond motifs is 1. The first-order valence-electron chi connectivity index (χ1n) is 10.2. The Morgan fingerprint density at radius 1 is 1.13 bits per heavy atom. The van der Waals surface area contributed by atoms with Crippen LogP contribution in [0, 0.1) is 13.8 Å². The van der Waals surface area contributed by atoms with Gasteiger partial charge in [0.15, 0.2) is 5.16 Å². The molecule has 2 heterocycles. The van der Waals surface area contributed by atoms with Crippen LogP contribution in [0.1, 0.15) is 22.3 Å². The number of esters is 1. The average Bonchev–Trinajstić information content (AvgIpc) is 3.26. The first-order chi connectivity index (χ1) is 15.0. The number of benzene rings is 2. The molecule has 3 aromatic rings. The normalized spacial score (nSPS) is 15.5. The largest absolute Gasteiger partial charge is 0.467 e. The molecule has 1 amide bonds. The highest BCUT2D eigenvalue weighted by atomic mass is 32.2. The quantitative estimate of drug-likeness (QED) is 0.452. The third kappa shape index (κ3) is 4.37. The van der Waals surface area contributed by atoms with Crippen LogP contribution >= 0.6 is 11.8 Å². The van der Waals surface area contributed by atoms with Crippen LogP contribution in [0.15, 0.2) is 60.0 Å². The summed E-state index contributed by atoms with van der Waals surface area (Å²) in [5, 5.41) is 0.739. The molecule has 160 valence electrons. The van der Waals surface area contributed by atoms with Gasteiger partial charge >= 0.3 is 5.97 Å². The molecule has 0 bridgehead atoms. The van der Waals surface area contributed by atoms with Crippen LogP contribution in [-0.4, -0.2) is 45.2 Å². The highest BCUT2D eigenvalue weighted by molar-refractivity contribution is 7.99. The van der Waals surface area contributed by atoms with Crippen LogP contribution in [0.2, 0.25) is 0 Å². The van der Waals surface area contributed by atoms with Crippen molar-refractivity contribution in [3.8, 4) is 5.69 Å². The summed E-state index contributed by atoms with van der Waals surface area (Å²) in [4.78, 5) is 31.6. The van der Waals surface area contributed by atoms with Crippen LogP contribution in [0.5, 0.6) is 0 Å². The van der Waals surface area contributed by atoms with E-state index in [1.54, 1.807) is 11.1 Å². The van der Waals surface area contributed by atoms with Crippen molar-refractivity contribution in [2.24, 2.45) is 0 Å². The van der Waals surface area contributed by atoms with E-state index in [0.717, 1.165) is 22.0 Å². The molecular weight excluding hydrogens is 410 g/mol. The van der Waals surface area contributed by atoms with Crippen molar-refractivity contribution in [1.29, 1.82) is 0 Å². The van der Waals surface area contributed by atoms with Gasteiger partial charge in [-0.1, -0.05) is 42.1 Å². The van der Waals surface area contributed by atoms with Gasteiger partial charge in [0, 0.05) is 31.0 Å². The van der Waals surface area contributed by atoms with Gasteiger partial charge in [-0.2, -0.15) is 0 Å². The minimum absolute atomic E-state index is 0.107. The molecule has 0 saturated heterocycles. The van der Waals surface area contributed by atoms with Gasteiger partial charge < -0.3 is 9.64 Å². The number of hydrogen-bond donors (Lipinski definition) is 0. The summed E-state index contributed by atoms with van der Waals surface area (Å²) < 4.78 is 6.96. The van der Waals surface area contributed by atoms with E-state index in [0.29, 0.717) is 13.0 Å². The molecule has 0 saturated carbocycles. The Bertz CT molecular complexity index is 1120. The number of rotatable bonds is 5. The van der Waals surface area contributed by atoms with Crippen LogP contribution < -0.4 is 0 Å². The predicted octanol–water partition coefficient (Wildman–Crippen LogP) is 3.71. The van der Waals surface area contributed by atoms with Gasteiger partial charge in [0.05, 0.1) is 12.9 Å². The number of carbonyl (C=O) groups is 2. The predicted molar refractivity (Wildman–Crippen MR) is 120 cm³/mol. The van der Waals surface area contributed by atoms with Crippen molar-refractivity contribution in [3.05, 3.63) is 77.1 Å². The van der Waals surface area contributed by atoms with Gasteiger partial charge in [-0.05, 0) is 48.2 Å². The van der Waals surface area contributed by atoms with E-state index >= 15 is 0 Å². The van der Waals surface area contributed by atoms with Gasteiger partial charge in [0.1, 0.15) is 6.04 Å². The van der Waals surface area contributed by atoms with E-state index < -0.39 is 6.04 Å². The summed E-state index contributed by atoms with van der Waals surface area (Å²) in [6.45, 7) is 4.56. The van der Waals surface area contributed by atoms with Gasteiger partial charge in [-0.3, -0.25) is 9.36 Å². The van der Waals surface area contributed by atoms with Gasteiger partial charge in [0.25, 0.3) is 0 Å². The maximum absolute atomic E-state index is 13.1. The standard InChI is InChI=1S/C24H25N3O3S/c1-16-8-9-20(12-17(16)2)26-11-10-25-24(26)31-15-22(28)27-14-19-7-5-4-6-18(19)13-21(27)23(29)30-3/h4-12,21H,13-15H2,1-3H3/t21-/m1/s1. The number of methoxy groups -OCH3 is 1. The molecule has 6 nitrogen and oxygen atoms in total. The fourth-order valence-corrected chi connectivity index (χ4v) is 4.67. The van der Waals surface area contributed by atoms with Crippen molar-refractivity contribution >= 4 is 23.6 Å². The molecule has 7 heteroatoms. The van der Waals surface area contributed by atoms with Crippen molar-refractivity contribution in [3.63, 3.8) is 0 Å².